The highest BCUT2D eigenvalue weighted by Gasteiger charge is 2.63. The van der Waals surface area contributed by atoms with E-state index in [9.17, 15) is 13.2 Å². The lowest BCUT2D eigenvalue weighted by molar-refractivity contribution is -0.166. The second-order valence-corrected chi connectivity index (χ2v) is 6.07. The molecule has 1 fully saturated rings. The van der Waals surface area contributed by atoms with Crippen LogP contribution in [0.25, 0.3) is 0 Å². The summed E-state index contributed by atoms with van der Waals surface area (Å²) in [7, 11) is 0. The monoisotopic (exact) mass is 335 g/mol. The van der Waals surface area contributed by atoms with Crippen LogP contribution in [0.4, 0.5) is 13.2 Å². The molecule has 19 heavy (non-hydrogen) atoms. The third-order valence-electron chi connectivity index (χ3n) is 3.72. The quantitative estimate of drug-likeness (QED) is 0.913. The topological polar surface area (TPSA) is 21.3 Å². The molecular weight excluding hydrogens is 323 g/mol. The summed E-state index contributed by atoms with van der Waals surface area (Å²) in [6, 6.07) is 5.66. The molecule has 1 aliphatic heterocycles. The summed E-state index contributed by atoms with van der Waals surface area (Å²) < 4.78 is 44.9. The zero-order valence-electron chi connectivity index (χ0n) is 10.1. The second-order valence-electron chi connectivity index (χ2n) is 5.16. The first-order chi connectivity index (χ1) is 8.90. The summed E-state index contributed by atoms with van der Waals surface area (Å²) in [5.41, 5.74) is -0.621. The first-order valence-corrected chi connectivity index (χ1v) is 6.96. The molecule has 1 atom stereocenters. The number of hydrogen-bond acceptors (Lipinski definition) is 2. The molecule has 1 saturated carbocycles. The van der Waals surface area contributed by atoms with Crippen molar-refractivity contribution in [2.45, 2.75) is 37.1 Å². The van der Waals surface area contributed by atoms with Crippen LogP contribution in [-0.4, -0.2) is 24.4 Å². The van der Waals surface area contributed by atoms with Crippen LogP contribution in [0.3, 0.4) is 0 Å². The Kier molecular flexibility index (Phi) is 3.05. The minimum absolute atomic E-state index is 0.168. The molecule has 104 valence electrons. The summed E-state index contributed by atoms with van der Waals surface area (Å²) in [5.74, 6) is 0.770. The fourth-order valence-corrected chi connectivity index (χ4v) is 2.81. The average Bonchev–Trinajstić information content (AvgIpc) is 3.01. The fourth-order valence-electron chi connectivity index (χ4n) is 2.40. The van der Waals surface area contributed by atoms with Gasteiger partial charge in [-0.15, -0.1) is 0 Å². The smallest absolute Gasteiger partial charge is 0.406 e. The summed E-state index contributed by atoms with van der Waals surface area (Å²) >= 11 is 3.37. The first-order valence-electron chi connectivity index (χ1n) is 6.16. The van der Waals surface area contributed by atoms with Gasteiger partial charge in [-0.2, -0.15) is 13.2 Å². The SMILES string of the molecule is FC(F)(F)C1(NCC2Cc3cc(Br)ccc3O2)CC1. The highest BCUT2D eigenvalue weighted by Crippen LogP contribution is 2.49. The van der Waals surface area contributed by atoms with E-state index in [1.165, 1.54) is 0 Å². The van der Waals surface area contributed by atoms with Gasteiger partial charge in [0.15, 0.2) is 0 Å². The summed E-state index contributed by atoms with van der Waals surface area (Å²) in [6.07, 6.45) is -3.40. The molecule has 2 aliphatic rings. The molecule has 1 aliphatic carbocycles. The maximum Gasteiger partial charge on any atom is 0.406 e. The van der Waals surface area contributed by atoms with Gasteiger partial charge < -0.3 is 4.74 Å². The third-order valence-corrected chi connectivity index (χ3v) is 4.22. The van der Waals surface area contributed by atoms with Crippen LogP contribution in [0.1, 0.15) is 18.4 Å². The van der Waals surface area contributed by atoms with E-state index in [2.05, 4.69) is 21.2 Å². The predicted molar refractivity (Wildman–Crippen MR) is 68.3 cm³/mol. The van der Waals surface area contributed by atoms with Gasteiger partial charge in [-0.1, -0.05) is 15.9 Å². The van der Waals surface area contributed by atoms with Gasteiger partial charge in [0.2, 0.25) is 0 Å². The van der Waals surface area contributed by atoms with Crippen molar-refractivity contribution in [3.05, 3.63) is 28.2 Å². The largest absolute Gasteiger partial charge is 0.488 e. The van der Waals surface area contributed by atoms with E-state index in [1.807, 2.05) is 18.2 Å². The Morgan fingerprint density at radius 2 is 2.11 bits per heavy atom. The van der Waals surface area contributed by atoms with Crippen molar-refractivity contribution in [1.82, 2.24) is 5.32 Å². The van der Waals surface area contributed by atoms with Crippen molar-refractivity contribution < 1.29 is 17.9 Å². The van der Waals surface area contributed by atoms with Gasteiger partial charge in [-0.25, -0.2) is 0 Å². The van der Waals surface area contributed by atoms with Gasteiger partial charge in [0.05, 0.1) is 0 Å². The maximum absolute atomic E-state index is 12.8. The van der Waals surface area contributed by atoms with E-state index >= 15 is 0 Å². The van der Waals surface area contributed by atoms with E-state index < -0.39 is 11.7 Å². The molecule has 2 nitrogen and oxygen atoms in total. The Morgan fingerprint density at radius 1 is 1.37 bits per heavy atom. The standard InChI is InChI=1S/C13H13BrF3NO/c14-9-1-2-11-8(5-9)6-10(19-11)7-18-12(3-4-12)13(15,16)17/h1-2,5,10,18H,3-4,6-7H2. The Bertz CT molecular complexity index is 499. The molecule has 0 aromatic heterocycles. The van der Waals surface area contributed by atoms with Crippen LogP contribution < -0.4 is 10.1 Å². The summed E-state index contributed by atoms with van der Waals surface area (Å²) in [5, 5.41) is 2.64. The average molecular weight is 336 g/mol. The lowest BCUT2D eigenvalue weighted by Crippen LogP contribution is -2.48. The van der Waals surface area contributed by atoms with Crippen LogP contribution in [0.15, 0.2) is 22.7 Å². The molecule has 6 heteroatoms. The number of hydrogen-bond donors (Lipinski definition) is 1. The molecule has 0 radical (unpaired) electrons. The van der Waals surface area contributed by atoms with Gasteiger partial charge in [-0.3, -0.25) is 5.32 Å². The fraction of sp³-hybridized carbons (Fsp3) is 0.538. The number of alkyl halides is 3. The van der Waals surface area contributed by atoms with Gasteiger partial charge in [0, 0.05) is 17.4 Å². The van der Waals surface area contributed by atoms with E-state index in [0.29, 0.717) is 6.42 Å². The third kappa shape index (κ3) is 2.48. The molecule has 0 amide bonds. The van der Waals surface area contributed by atoms with Gasteiger partial charge in [0.25, 0.3) is 0 Å². The lowest BCUT2D eigenvalue weighted by atomic mass is 10.1. The Hall–Kier alpha value is -0.750. The van der Waals surface area contributed by atoms with Crippen molar-refractivity contribution in [3.63, 3.8) is 0 Å². The maximum atomic E-state index is 12.8. The van der Waals surface area contributed by atoms with Crippen molar-refractivity contribution in [2.75, 3.05) is 6.54 Å². The van der Waals surface area contributed by atoms with Crippen LogP contribution in [0.2, 0.25) is 0 Å². The molecule has 0 spiro atoms. The van der Waals surface area contributed by atoms with Crippen molar-refractivity contribution in [3.8, 4) is 5.75 Å². The Labute approximate surface area is 117 Å². The number of ether oxygens (including phenoxy) is 1. The van der Waals surface area contributed by atoms with Crippen LogP contribution in [-0.2, 0) is 6.42 Å². The molecule has 1 N–H and O–H groups in total. The van der Waals surface area contributed by atoms with Crippen LogP contribution in [0, 0.1) is 0 Å². The highest BCUT2D eigenvalue weighted by molar-refractivity contribution is 9.10. The minimum Gasteiger partial charge on any atom is -0.488 e. The van der Waals surface area contributed by atoms with Crippen molar-refractivity contribution in [1.29, 1.82) is 0 Å². The number of halogens is 4. The Morgan fingerprint density at radius 3 is 2.74 bits per heavy atom. The summed E-state index contributed by atoms with van der Waals surface area (Å²) in [4.78, 5) is 0. The van der Waals surface area contributed by atoms with Gasteiger partial charge >= 0.3 is 6.18 Å². The molecule has 1 aromatic carbocycles. The van der Waals surface area contributed by atoms with E-state index in [1.54, 1.807) is 0 Å². The normalized spacial score (nSPS) is 23.9. The van der Waals surface area contributed by atoms with Crippen molar-refractivity contribution in [2.24, 2.45) is 0 Å². The van der Waals surface area contributed by atoms with Gasteiger partial charge in [-0.05, 0) is 36.6 Å². The van der Waals surface area contributed by atoms with E-state index in [4.69, 9.17) is 4.74 Å². The predicted octanol–water partition coefficient (Wildman–Crippen LogP) is 3.44. The molecule has 1 heterocycles. The molecule has 1 unspecified atom stereocenters. The lowest BCUT2D eigenvalue weighted by Gasteiger charge is -2.22. The van der Waals surface area contributed by atoms with Crippen LogP contribution >= 0.6 is 15.9 Å². The molecular formula is C13H13BrF3NO. The second kappa shape index (κ2) is 4.38. The van der Waals surface area contributed by atoms with Crippen LogP contribution in [0.5, 0.6) is 5.75 Å². The molecule has 3 rings (SSSR count). The zero-order chi connectivity index (χ0) is 13.7. The zero-order valence-corrected chi connectivity index (χ0v) is 11.6. The number of nitrogens with one attached hydrogen (secondary N) is 1. The van der Waals surface area contributed by atoms with E-state index in [0.717, 1.165) is 15.8 Å². The minimum atomic E-state index is -4.17. The first kappa shape index (κ1) is 13.2. The number of rotatable bonds is 3. The summed E-state index contributed by atoms with van der Waals surface area (Å²) in [6.45, 7) is 0.228. The van der Waals surface area contributed by atoms with Crippen molar-refractivity contribution >= 4 is 15.9 Å². The molecule has 1 aromatic rings. The van der Waals surface area contributed by atoms with E-state index in [-0.39, 0.29) is 25.5 Å². The number of fused-ring (bicyclic) bond motifs is 1. The number of benzene rings is 1. The molecule has 0 saturated heterocycles. The molecule has 0 bridgehead atoms. The Balaban J connectivity index is 1.60. The highest BCUT2D eigenvalue weighted by atomic mass is 79.9. The van der Waals surface area contributed by atoms with Gasteiger partial charge in [0.1, 0.15) is 17.4 Å².